The number of aldehydes is 2. The molecule has 0 atom stereocenters. The summed E-state index contributed by atoms with van der Waals surface area (Å²) in [6.07, 6.45) is -20.0. The molecule has 52 heavy (non-hydrogen) atoms. The van der Waals surface area contributed by atoms with Crippen molar-refractivity contribution in [3.8, 4) is 0 Å². The van der Waals surface area contributed by atoms with E-state index in [1.54, 1.807) is 0 Å². The van der Waals surface area contributed by atoms with E-state index in [0.717, 1.165) is 0 Å². The van der Waals surface area contributed by atoms with Gasteiger partial charge in [0.15, 0.2) is 12.6 Å². The second kappa shape index (κ2) is 69.5. The quantitative estimate of drug-likeness (QED) is 0.0508. The average Bonchev–Trinajstić information content (AvgIpc) is 2.78. The van der Waals surface area contributed by atoms with E-state index in [1.165, 1.54) is 0 Å². The molecule has 0 amide bonds. The Morgan fingerprint density at radius 2 is 0.346 bits per heavy atom. The molecule has 0 heterocycles. The number of hydrogen-bond donors (Lipinski definition) is 20. The normalized spacial score (nSPS) is 9.04. The number of rotatable bonds is 6. The molecule has 25 nitrogen and oxygen atoms in total. The summed E-state index contributed by atoms with van der Waals surface area (Å²) in [6.45, 7) is 0. The first-order valence-electron chi connectivity index (χ1n) is 9.15. The molecule has 0 unspecified atom stereocenters. The van der Waals surface area contributed by atoms with Crippen LogP contribution in [0.2, 0.25) is 0 Å². The maximum Gasteiger partial charge on any atom is 2.00 e. The van der Waals surface area contributed by atoms with Crippen LogP contribution in [-0.2, 0) is 77.7 Å². The van der Waals surface area contributed by atoms with Gasteiger partial charge in [0.1, 0.15) is 0 Å². The molecule has 0 radical (unpaired) electrons. The van der Waals surface area contributed by atoms with Crippen LogP contribution in [0.3, 0.4) is 0 Å². The van der Waals surface area contributed by atoms with Gasteiger partial charge < -0.3 is 119 Å². The van der Waals surface area contributed by atoms with Gasteiger partial charge in [0.05, 0.1) is 0 Å². The maximum absolute atomic E-state index is 8.81. The van der Waals surface area contributed by atoms with Crippen molar-refractivity contribution in [2.45, 2.75) is 77.8 Å². The first kappa shape index (κ1) is 106. The third-order valence-corrected chi connectivity index (χ3v) is 1.39. The van der Waals surface area contributed by atoms with Gasteiger partial charge in [-0.1, -0.05) is 14.9 Å². The monoisotopic (exact) mass is 1120 g/mol. The van der Waals surface area contributed by atoms with E-state index in [9.17, 15) is 0 Å². The minimum Gasteiger partial charge on any atom is 2.00 e. The predicted molar refractivity (Wildman–Crippen MR) is 173 cm³/mol. The van der Waals surface area contributed by atoms with Crippen LogP contribution in [0, 0.1) is 0 Å². The standard InChI is InChI=1S/5C2H6O4.C2H2O2.2CH4.9ClH.3H2O.4Ti/c5*3-1(4)2(5)6;3-1-2-4;;;;;;;;;;;;;;;;;;/h5*1-6H;1-2H;2*1H4;9*1H;3*1H2;;;;/q;;;;;;;;;;;;;;;;;;;;2*+2;2*+4/p-8. The zero-order valence-corrected chi connectivity index (χ0v) is 36.7. The summed E-state index contributed by atoms with van der Waals surface area (Å²) in [7, 11) is 40.1. The molecule has 0 aromatic carbocycles. The Balaban J connectivity index is -0.0000000200. The molecule has 0 rings (SSSR count). The van der Waals surface area contributed by atoms with Gasteiger partial charge in [0, 0.05) is 0 Å². The van der Waals surface area contributed by atoms with Crippen LogP contribution in [0.5, 0.6) is 0 Å². The fourth-order valence-corrected chi connectivity index (χ4v) is 0. The number of carbonyl (C=O) groups is 2. The smallest absolute Gasteiger partial charge is 2.00 e. The zero-order chi connectivity index (χ0) is 38.2. The van der Waals surface area contributed by atoms with Crippen molar-refractivity contribution in [1.82, 2.24) is 0 Å². The van der Waals surface area contributed by atoms with E-state index in [-0.39, 0.29) is 99.7 Å². The number of aliphatic hydroxyl groups is 20. The van der Waals surface area contributed by atoms with Crippen LogP contribution in [0.25, 0.3) is 0 Å². The Kier molecular flexibility index (Phi) is 141. The van der Waals surface area contributed by atoms with Gasteiger partial charge in [0.2, 0.25) is 62.9 Å². The summed E-state index contributed by atoms with van der Waals surface area (Å²) in [5, 5.41) is 154. The van der Waals surface area contributed by atoms with Crippen molar-refractivity contribution in [2.24, 2.45) is 0 Å². The van der Waals surface area contributed by atoms with Gasteiger partial charge in [-0.25, -0.2) is 0 Å². The molecule has 328 valence electrons. The van der Waals surface area contributed by atoms with E-state index < -0.39 is 87.6 Å². The van der Waals surface area contributed by atoms with Gasteiger partial charge in [-0.05, 0) is 0 Å². The summed E-state index contributed by atoms with van der Waals surface area (Å²) in [5.74, 6) is 0. The largest absolute Gasteiger partial charge is 2.00 e. The molecule has 0 saturated carbocycles. The summed E-state index contributed by atoms with van der Waals surface area (Å²) in [5.41, 5.74) is 0. The van der Waals surface area contributed by atoms with Crippen molar-refractivity contribution in [3.05, 3.63) is 0 Å². The van der Waals surface area contributed by atoms with Crippen molar-refractivity contribution < 1.29 is 196 Å². The second-order valence-electron chi connectivity index (χ2n) is 5.27. The van der Waals surface area contributed by atoms with Crippen LogP contribution in [-0.4, -0.2) is 194 Å². The molecule has 38 heteroatoms. The zero-order valence-electron chi connectivity index (χ0n) is 23.6. The SMILES string of the molecule is C.C.Cl.O.O.O.O=CC=O.OC(O)C(O)O.OC(O)C(O)O.OC(O)C(O)O.OC(O)C(O)O.OC(O)C(O)O.[Cl][Ti]([Cl])([Cl])[Cl].[Cl][Ti]([Cl])([Cl])[Cl].[Ti+2].[Ti+2]. The Bertz CT molecular complexity index is 454. The van der Waals surface area contributed by atoms with Gasteiger partial charge >= 0.3 is 143 Å². The van der Waals surface area contributed by atoms with Crippen molar-refractivity contribution in [3.63, 3.8) is 0 Å². The Hall–Kier alpha value is 3.89. The number of halogens is 9. The first-order chi connectivity index (χ1) is 19.1. The van der Waals surface area contributed by atoms with E-state index in [1.807, 2.05) is 0 Å². The molecular weight excluding hydrogens is 1080 g/mol. The van der Waals surface area contributed by atoms with Gasteiger partial charge in [-0.2, -0.15) is 0 Å². The van der Waals surface area contributed by atoms with Crippen LogP contribution < -0.4 is 0 Å². The third-order valence-electron chi connectivity index (χ3n) is 1.39. The molecule has 0 aliphatic heterocycles. The Morgan fingerprint density at radius 1 is 0.308 bits per heavy atom. The van der Waals surface area contributed by atoms with E-state index in [0.29, 0.717) is 0 Å². The third kappa shape index (κ3) is 243. The van der Waals surface area contributed by atoms with E-state index >= 15 is 0 Å². The van der Waals surface area contributed by atoms with Crippen molar-refractivity contribution in [2.75, 3.05) is 0 Å². The molecule has 26 N–H and O–H groups in total. The average molecular weight is 1130 g/mol. The first-order valence-corrected chi connectivity index (χ1v) is 26.3. The number of aliphatic hydroxyl groups excluding tert-OH is 10. The van der Waals surface area contributed by atoms with Crippen LogP contribution in [0.4, 0.5) is 0 Å². The molecule has 0 aromatic heterocycles. The number of carbonyl (C=O) groups excluding carboxylic acids is 2. The molecule has 0 aliphatic carbocycles. The van der Waals surface area contributed by atoms with Crippen molar-refractivity contribution >= 4 is 99.4 Å². The summed E-state index contributed by atoms with van der Waals surface area (Å²) >= 11 is -6.22. The van der Waals surface area contributed by atoms with Gasteiger partial charge in [-0.15, -0.1) is 12.4 Å². The molecular formula is C14H47Cl9O25Ti4+4. The summed E-state index contributed by atoms with van der Waals surface area (Å²) < 4.78 is 0. The predicted octanol–water partition coefficient (Wildman–Crippen LogP) is -7.85. The minimum atomic E-state index is -3.11. The topological polar surface area (TPSA) is 533 Å². The fourth-order valence-electron chi connectivity index (χ4n) is 0. The van der Waals surface area contributed by atoms with Gasteiger partial charge in [-0.3, -0.25) is 9.59 Å². The Morgan fingerprint density at radius 3 is 0.346 bits per heavy atom. The van der Waals surface area contributed by atoms with Crippen molar-refractivity contribution in [1.29, 1.82) is 0 Å². The van der Waals surface area contributed by atoms with Crippen LogP contribution in [0.15, 0.2) is 0 Å². The summed E-state index contributed by atoms with van der Waals surface area (Å²) in [6, 6.07) is 0. The molecule has 0 saturated heterocycles. The Labute approximate surface area is 369 Å². The molecule has 0 fully saturated rings. The molecule has 0 spiro atoms. The van der Waals surface area contributed by atoms with Crippen LogP contribution >= 0.6 is 86.8 Å². The minimum absolute atomic E-state index is 0. The number of hydrogen-bond acceptors (Lipinski definition) is 22. The molecule has 0 bridgehead atoms. The molecule has 0 aliphatic rings. The second-order valence-corrected chi connectivity index (χ2v) is 36.2. The summed E-state index contributed by atoms with van der Waals surface area (Å²) in [4.78, 5) is 17.6. The van der Waals surface area contributed by atoms with E-state index in [4.69, 9.17) is 186 Å². The fraction of sp³-hybridized carbons (Fsp3) is 0.857. The van der Waals surface area contributed by atoms with E-state index in [2.05, 4.69) is 0 Å². The maximum atomic E-state index is 8.81. The van der Waals surface area contributed by atoms with Gasteiger partial charge in [0.25, 0.3) is 0 Å². The molecule has 0 aromatic rings. The van der Waals surface area contributed by atoms with Crippen LogP contribution in [0.1, 0.15) is 14.9 Å².